The van der Waals surface area contributed by atoms with Crippen LogP contribution >= 0.6 is 0 Å². The maximum Gasteiger partial charge on any atom is 0.313 e. The number of nitrogens with zero attached hydrogens (tertiary/aromatic N) is 3. The summed E-state index contributed by atoms with van der Waals surface area (Å²) in [5.74, 6) is -0.127. The van der Waals surface area contributed by atoms with Crippen molar-refractivity contribution in [1.82, 2.24) is 19.8 Å². The number of hydrogen-bond acceptors (Lipinski definition) is 6. The van der Waals surface area contributed by atoms with Gasteiger partial charge in [-0.1, -0.05) is 24.3 Å². The average Bonchev–Trinajstić information content (AvgIpc) is 2.77. The number of halogens is 1. The lowest BCUT2D eigenvalue weighted by Crippen LogP contribution is -2.45. The van der Waals surface area contributed by atoms with E-state index in [4.69, 9.17) is 4.74 Å². The Balaban J connectivity index is 1.68. The Bertz CT molecular complexity index is 1430. The molecule has 8 heteroatoms. The van der Waals surface area contributed by atoms with Crippen molar-refractivity contribution in [2.24, 2.45) is 5.92 Å². The maximum absolute atomic E-state index is 15.5. The van der Waals surface area contributed by atoms with E-state index in [0.29, 0.717) is 41.9 Å². The Morgan fingerprint density at radius 3 is 2.71 bits per heavy atom. The molecule has 0 unspecified atom stereocenters. The third kappa shape index (κ3) is 4.22. The van der Waals surface area contributed by atoms with Crippen LogP contribution in [0.2, 0.25) is 0 Å². The lowest BCUT2D eigenvalue weighted by Gasteiger charge is -2.28. The van der Waals surface area contributed by atoms with Crippen LogP contribution in [0.3, 0.4) is 0 Å². The molecule has 5 rings (SSSR count). The maximum atomic E-state index is 15.5. The number of aromatic hydroxyl groups is 1. The van der Waals surface area contributed by atoms with Gasteiger partial charge in [0.05, 0.1) is 11.0 Å². The zero-order chi connectivity index (χ0) is 23.8. The molecule has 1 fully saturated rings. The highest BCUT2D eigenvalue weighted by Crippen LogP contribution is 2.35. The SMILES string of the molecule is CN(C)CCOc1nc2cc(-c3cc(O)cc4ccccc34)c(F)cc2n(CC2CNC2)c1=O. The molecule has 4 aromatic rings. The summed E-state index contributed by atoms with van der Waals surface area (Å²) in [6.07, 6.45) is 0. The molecule has 0 bridgehead atoms. The molecule has 0 atom stereocenters. The van der Waals surface area contributed by atoms with Crippen LogP contribution in [0.1, 0.15) is 0 Å². The first-order chi connectivity index (χ1) is 16.4. The molecular formula is C26H27FN4O3. The van der Waals surface area contributed by atoms with Gasteiger partial charge in [0.25, 0.3) is 5.88 Å². The van der Waals surface area contributed by atoms with Gasteiger partial charge in [-0.05, 0) is 48.6 Å². The largest absolute Gasteiger partial charge is 0.508 e. The van der Waals surface area contributed by atoms with Crippen molar-refractivity contribution < 1.29 is 14.2 Å². The molecule has 0 spiro atoms. The van der Waals surface area contributed by atoms with Crippen LogP contribution in [-0.2, 0) is 6.54 Å². The lowest BCUT2D eigenvalue weighted by atomic mass is 9.96. The first kappa shape index (κ1) is 22.3. The van der Waals surface area contributed by atoms with Crippen LogP contribution in [-0.4, -0.2) is 59.9 Å². The second kappa shape index (κ2) is 9.04. The molecule has 0 radical (unpaired) electrons. The van der Waals surface area contributed by atoms with E-state index in [1.807, 2.05) is 43.3 Å². The van der Waals surface area contributed by atoms with Crippen LogP contribution in [0.5, 0.6) is 11.6 Å². The fraction of sp³-hybridized carbons (Fsp3) is 0.308. The number of aromatic nitrogens is 2. The molecule has 176 valence electrons. The van der Waals surface area contributed by atoms with E-state index in [2.05, 4.69) is 10.3 Å². The number of benzene rings is 3. The van der Waals surface area contributed by atoms with Crippen LogP contribution in [0.15, 0.2) is 53.3 Å². The van der Waals surface area contributed by atoms with E-state index < -0.39 is 5.82 Å². The first-order valence-electron chi connectivity index (χ1n) is 11.3. The summed E-state index contributed by atoms with van der Waals surface area (Å²) in [7, 11) is 3.85. The van der Waals surface area contributed by atoms with Crippen LogP contribution in [0, 0.1) is 11.7 Å². The predicted molar refractivity (Wildman–Crippen MR) is 131 cm³/mol. The number of fused-ring (bicyclic) bond motifs is 2. The van der Waals surface area contributed by atoms with Gasteiger partial charge in [0.15, 0.2) is 0 Å². The molecule has 2 heterocycles. The summed E-state index contributed by atoms with van der Waals surface area (Å²) < 4.78 is 22.9. The Morgan fingerprint density at radius 1 is 1.18 bits per heavy atom. The standard InChI is InChI=1S/C26H27FN4O3/c1-30(2)7-8-34-25-26(33)31(15-16-13-28-14-16)24-12-22(27)21(11-23(24)29-25)20-10-18(32)9-17-5-3-4-6-19(17)20/h3-6,9-12,16,28,32H,7-8,13-15H2,1-2H3. The summed E-state index contributed by atoms with van der Waals surface area (Å²) in [6, 6.07) is 13.7. The molecular weight excluding hydrogens is 435 g/mol. The molecule has 0 saturated carbocycles. The molecule has 1 saturated heterocycles. The fourth-order valence-corrected chi connectivity index (χ4v) is 4.30. The van der Waals surface area contributed by atoms with Crippen molar-refractivity contribution >= 4 is 21.8 Å². The van der Waals surface area contributed by atoms with Gasteiger partial charge in [0, 0.05) is 43.7 Å². The smallest absolute Gasteiger partial charge is 0.313 e. The molecule has 2 N–H and O–H groups in total. The van der Waals surface area contributed by atoms with Crippen LogP contribution < -0.4 is 15.6 Å². The summed E-state index contributed by atoms with van der Waals surface area (Å²) in [6.45, 7) is 3.03. The monoisotopic (exact) mass is 462 g/mol. The van der Waals surface area contributed by atoms with E-state index in [1.165, 1.54) is 6.07 Å². The van der Waals surface area contributed by atoms with Crippen molar-refractivity contribution in [3.8, 4) is 22.8 Å². The summed E-state index contributed by atoms with van der Waals surface area (Å²) in [5, 5.41) is 15.1. The highest BCUT2D eigenvalue weighted by molar-refractivity contribution is 5.99. The Hall–Kier alpha value is -3.49. The van der Waals surface area contributed by atoms with Crippen molar-refractivity contribution in [3.05, 3.63) is 64.7 Å². The van der Waals surface area contributed by atoms with E-state index in [-0.39, 0.29) is 23.1 Å². The van der Waals surface area contributed by atoms with Gasteiger partial charge in [-0.15, -0.1) is 0 Å². The Morgan fingerprint density at radius 2 is 1.97 bits per heavy atom. The molecule has 0 amide bonds. The minimum Gasteiger partial charge on any atom is -0.508 e. The minimum absolute atomic E-state index is 0.0138. The summed E-state index contributed by atoms with van der Waals surface area (Å²) in [4.78, 5) is 19.7. The summed E-state index contributed by atoms with van der Waals surface area (Å²) >= 11 is 0. The summed E-state index contributed by atoms with van der Waals surface area (Å²) in [5.41, 5.74) is 1.42. The van der Waals surface area contributed by atoms with Gasteiger partial charge in [0.2, 0.25) is 0 Å². The van der Waals surface area contributed by atoms with Gasteiger partial charge in [-0.3, -0.25) is 4.79 Å². The van der Waals surface area contributed by atoms with Gasteiger partial charge in [0.1, 0.15) is 18.2 Å². The zero-order valence-electron chi connectivity index (χ0n) is 19.2. The number of phenols is 1. The van der Waals surface area contributed by atoms with E-state index >= 15 is 4.39 Å². The van der Waals surface area contributed by atoms with Gasteiger partial charge < -0.3 is 24.6 Å². The van der Waals surface area contributed by atoms with Gasteiger partial charge in [-0.25, -0.2) is 9.37 Å². The van der Waals surface area contributed by atoms with Crippen molar-refractivity contribution in [1.29, 1.82) is 0 Å². The van der Waals surface area contributed by atoms with E-state index in [0.717, 1.165) is 23.9 Å². The number of rotatable bonds is 7. The second-order valence-corrected chi connectivity index (χ2v) is 9.04. The quantitative estimate of drug-likeness (QED) is 0.439. The molecule has 0 aliphatic carbocycles. The van der Waals surface area contributed by atoms with Crippen LogP contribution in [0.4, 0.5) is 4.39 Å². The topological polar surface area (TPSA) is 79.6 Å². The molecule has 1 aliphatic heterocycles. The van der Waals surface area contributed by atoms with Gasteiger partial charge in [-0.2, -0.15) is 0 Å². The number of likely N-dealkylation sites (N-methyl/N-ethyl adjacent to an activating group) is 1. The number of phenolic OH excluding ortho intramolecular Hbond substituents is 1. The number of ether oxygens (including phenoxy) is 1. The van der Waals surface area contributed by atoms with Gasteiger partial charge >= 0.3 is 5.56 Å². The highest BCUT2D eigenvalue weighted by atomic mass is 19.1. The molecule has 1 aliphatic rings. The van der Waals surface area contributed by atoms with Crippen molar-refractivity contribution in [2.75, 3.05) is 40.3 Å². The van der Waals surface area contributed by atoms with E-state index in [1.54, 1.807) is 22.8 Å². The minimum atomic E-state index is -0.480. The molecule has 3 aromatic carbocycles. The normalized spacial score (nSPS) is 14.1. The Labute approximate surface area is 196 Å². The van der Waals surface area contributed by atoms with Crippen LogP contribution in [0.25, 0.3) is 32.9 Å². The molecule has 7 nitrogen and oxygen atoms in total. The fourth-order valence-electron chi connectivity index (χ4n) is 4.30. The first-order valence-corrected chi connectivity index (χ1v) is 11.3. The second-order valence-electron chi connectivity index (χ2n) is 9.04. The average molecular weight is 463 g/mol. The molecule has 34 heavy (non-hydrogen) atoms. The zero-order valence-corrected chi connectivity index (χ0v) is 19.2. The van der Waals surface area contributed by atoms with Crippen molar-refractivity contribution in [2.45, 2.75) is 6.54 Å². The lowest BCUT2D eigenvalue weighted by molar-refractivity contribution is 0.247. The predicted octanol–water partition coefficient (Wildman–Crippen LogP) is 3.22. The third-order valence-corrected chi connectivity index (χ3v) is 6.23. The van der Waals surface area contributed by atoms with Crippen molar-refractivity contribution in [3.63, 3.8) is 0 Å². The van der Waals surface area contributed by atoms with E-state index in [9.17, 15) is 9.90 Å². The number of nitrogens with one attached hydrogen (secondary N) is 1. The molecule has 1 aromatic heterocycles. The third-order valence-electron chi connectivity index (χ3n) is 6.23. The highest BCUT2D eigenvalue weighted by Gasteiger charge is 2.22. The Kier molecular flexibility index (Phi) is 5.93. The number of hydrogen-bond donors (Lipinski definition) is 2.